The molecule has 64 valence electrons. The van der Waals surface area contributed by atoms with E-state index in [0.717, 1.165) is 5.56 Å². The predicted octanol–water partition coefficient (Wildman–Crippen LogP) is 1.89. The monoisotopic (exact) mass is 174 g/mol. The molecule has 0 fully saturated rings. The van der Waals surface area contributed by atoms with Crippen LogP contribution in [0.15, 0.2) is 36.5 Å². The van der Waals surface area contributed by atoms with E-state index in [4.69, 9.17) is 2.74 Å². The quantitative estimate of drug-likeness (QED) is 0.706. The zero-order chi connectivity index (χ0) is 10.8. The summed E-state index contributed by atoms with van der Waals surface area (Å²) in [5, 5.41) is 6.25. The van der Waals surface area contributed by atoms with E-state index in [0.29, 0.717) is 5.69 Å². The van der Waals surface area contributed by atoms with Gasteiger partial charge in [0.1, 0.15) is 7.06 Å². The number of carbonyl (C=O) groups is 1. The SMILES string of the molecule is [2H]C(=O)c1c(-c2ccccc2)n[nH]c1[2H]. The summed E-state index contributed by atoms with van der Waals surface area (Å²) in [5.41, 5.74) is 1.10. The van der Waals surface area contributed by atoms with Gasteiger partial charge in [-0.15, -0.1) is 0 Å². The average molecular weight is 174 g/mol. The van der Waals surface area contributed by atoms with E-state index in [1.807, 2.05) is 18.2 Å². The maximum atomic E-state index is 11.0. The summed E-state index contributed by atoms with van der Waals surface area (Å²) in [6, 6.07) is 9.03. The van der Waals surface area contributed by atoms with Gasteiger partial charge in [-0.3, -0.25) is 9.89 Å². The molecule has 0 aliphatic heterocycles. The number of nitrogens with one attached hydrogen (secondary N) is 1. The van der Waals surface area contributed by atoms with E-state index in [1.165, 1.54) is 0 Å². The summed E-state index contributed by atoms with van der Waals surface area (Å²) in [6.45, 7) is 0. The van der Waals surface area contributed by atoms with Crippen LogP contribution >= 0.6 is 0 Å². The van der Waals surface area contributed by atoms with Crippen molar-refractivity contribution in [2.24, 2.45) is 0 Å². The second-order valence-corrected chi connectivity index (χ2v) is 2.54. The van der Waals surface area contributed by atoms with Crippen LogP contribution < -0.4 is 0 Å². The molecule has 0 aliphatic rings. The maximum Gasteiger partial charge on any atom is 0.153 e. The molecular weight excluding hydrogens is 164 g/mol. The first-order valence-corrected chi connectivity index (χ1v) is 3.81. The Balaban J connectivity index is 2.59. The van der Waals surface area contributed by atoms with Crippen LogP contribution in [0.2, 0.25) is 0 Å². The Bertz CT molecular complexity index is 493. The number of aldehydes is 1. The Morgan fingerprint density at radius 2 is 2.23 bits per heavy atom. The zero-order valence-corrected chi connectivity index (χ0v) is 6.74. The molecule has 1 aromatic heterocycles. The van der Waals surface area contributed by atoms with Gasteiger partial charge in [-0.1, -0.05) is 30.3 Å². The molecule has 0 spiro atoms. The molecule has 0 atom stereocenters. The lowest BCUT2D eigenvalue weighted by molar-refractivity contribution is 0.112. The number of rotatable bonds is 2. The first-order valence-electron chi connectivity index (χ1n) is 4.81. The molecule has 1 aromatic carbocycles. The largest absolute Gasteiger partial charge is 0.298 e. The first-order chi connectivity index (χ1) is 7.20. The minimum absolute atomic E-state index is 0.0150. The number of benzene rings is 1. The summed E-state index contributed by atoms with van der Waals surface area (Å²) in [7, 11) is 0. The van der Waals surface area contributed by atoms with Gasteiger partial charge in [0.15, 0.2) is 6.26 Å². The van der Waals surface area contributed by atoms with Gasteiger partial charge in [-0.25, -0.2) is 0 Å². The fourth-order valence-corrected chi connectivity index (χ4v) is 1.13. The lowest BCUT2D eigenvalue weighted by Crippen LogP contribution is -1.82. The molecule has 13 heavy (non-hydrogen) atoms. The Hall–Kier alpha value is -1.90. The van der Waals surface area contributed by atoms with Crippen LogP contribution in [0, 0.1) is 0 Å². The van der Waals surface area contributed by atoms with Crippen molar-refractivity contribution in [1.29, 1.82) is 0 Å². The molecule has 3 nitrogen and oxygen atoms in total. The normalized spacial score (nSPS) is 12.0. The van der Waals surface area contributed by atoms with Gasteiger partial charge in [-0.2, -0.15) is 5.10 Å². The summed E-state index contributed by atoms with van der Waals surface area (Å²) in [5.74, 6) is 0. The van der Waals surface area contributed by atoms with Crippen molar-refractivity contribution in [2.75, 3.05) is 0 Å². The highest BCUT2D eigenvalue weighted by atomic mass is 16.1. The predicted molar refractivity (Wildman–Crippen MR) is 49.4 cm³/mol. The van der Waals surface area contributed by atoms with Gasteiger partial charge in [-0.05, 0) is 0 Å². The van der Waals surface area contributed by atoms with E-state index in [9.17, 15) is 4.79 Å². The van der Waals surface area contributed by atoms with Gasteiger partial charge in [0, 0.05) is 11.7 Å². The van der Waals surface area contributed by atoms with Crippen LogP contribution in [-0.2, 0) is 0 Å². The van der Waals surface area contributed by atoms with E-state index < -0.39 is 6.26 Å². The molecular formula is C10H8N2O. The first kappa shape index (κ1) is 5.70. The number of hydrogen-bond donors (Lipinski definition) is 1. The van der Waals surface area contributed by atoms with Gasteiger partial charge in [0.2, 0.25) is 0 Å². The number of nitrogens with zero attached hydrogens (tertiary/aromatic N) is 1. The second kappa shape index (κ2) is 3.23. The number of carbonyl (C=O) groups excluding carboxylic acids is 1. The van der Waals surface area contributed by atoms with E-state index >= 15 is 0 Å². The Morgan fingerprint density at radius 3 is 2.92 bits per heavy atom. The van der Waals surface area contributed by atoms with Gasteiger partial charge >= 0.3 is 0 Å². The fourth-order valence-electron chi connectivity index (χ4n) is 1.13. The maximum absolute atomic E-state index is 11.0. The van der Waals surface area contributed by atoms with Crippen molar-refractivity contribution in [3.05, 3.63) is 42.1 Å². The molecule has 0 unspecified atom stereocenters. The Kier molecular flexibility index (Phi) is 1.41. The van der Waals surface area contributed by atoms with Crippen molar-refractivity contribution in [3.8, 4) is 11.3 Å². The van der Waals surface area contributed by atoms with Gasteiger partial charge in [0.05, 0.1) is 6.93 Å². The highest BCUT2D eigenvalue weighted by Crippen LogP contribution is 2.18. The van der Waals surface area contributed by atoms with Crippen molar-refractivity contribution in [1.82, 2.24) is 10.2 Å². The minimum atomic E-state index is -0.896. The number of hydrogen-bond acceptors (Lipinski definition) is 2. The molecule has 3 heteroatoms. The lowest BCUT2D eigenvalue weighted by atomic mass is 10.1. The van der Waals surface area contributed by atoms with Crippen LogP contribution in [0.5, 0.6) is 0 Å². The molecule has 0 bridgehead atoms. The summed E-state index contributed by atoms with van der Waals surface area (Å²) >= 11 is 0. The smallest absolute Gasteiger partial charge is 0.153 e. The highest BCUT2D eigenvalue weighted by molar-refractivity contribution is 5.85. The zero-order valence-electron chi connectivity index (χ0n) is 8.74. The average Bonchev–Trinajstić information content (AvgIpc) is 2.61. The third-order valence-corrected chi connectivity index (χ3v) is 1.73. The Labute approximate surface area is 78.2 Å². The van der Waals surface area contributed by atoms with E-state index in [-0.39, 0.29) is 11.7 Å². The molecule has 0 radical (unpaired) electrons. The molecule has 2 rings (SSSR count). The van der Waals surface area contributed by atoms with E-state index in [2.05, 4.69) is 10.2 Å². The molecule has 1 N–H and O–H groups in total. The van der Waals surface area contributed by atoms with Crippen LogP contribution in [0.25, 0.3) is 11.3 Å². The number of aromatic nitrogens is 2. The highest BCUT2D eigenvalue weighted by Gasteiger charge is 2.05. The number of H-pyrrole nitrogens is 1. The molecule has 0 saturated heterocycles. The van der Waals surface area contributed by atoms with Crippen molar-refractivity contribution < 1.29 is 7.54 Å². The fraction of sp³-hybridized carbons (Fsp3) is 0. The summed E-state index contributed by atoms with van der Waals surface area (Å²) < 4.78 is 14.5. The van der Waals surface area contributed by atoms with Crippen molar-refractivity contribution in [2.45, 2.75) is 0 Å². The molecule has 0 aliphatic carbocycles. The number of aromatic amines is 1. The van der Waals surface area contributed by atoms with Crippen LogP contribution in [-0.4, -0.2) is 16.5 Å². The van der Waals surface area contributed by atoms with Crippen LogP contribution in [0.3, 0.4) is 0 Å². The van der Waals surface area contributed by atoms with Gasteiger partial charge < -0.3 is 0 Å². The second-order valence-electron chi connectivity index (χ2n) is 2.54. The topological polar surface area (TPSA) is 45.8 Å². The van der Waals surface area contributed by atoms with Crippen molar-refractivity contribution >= 4 is 6.26 Å². The Morgan fingerprint density at radius 1 is 1.46 bits per heavy atom. The lowest BCUT2D eigenvalue weighted by Gasteiger charge is -1.95. The van der Waals surface area contributed by atoms with Crippen LogP contribution in [0.4, 0.5) is 0 Å². The molecule has 0 amide bonds. The summed E-state index contributed by atoms with van der Waals surface area (Å²) in [4.78, 5) is 11.0. The minimum Gasteiger partial charge on any atom is -0.298 e. The third-order valence-electron chi connectivity index (χ3n) is 1.73. The molecule has 1 heterocycles. The standard InChI is InChI=1S/C10H8N2O/c13-7-9-6-11-12-10(9)8-4-2-1-3-5-8/h1-7H,(H,11,12)/i6D,7D. The summed E-state index contributed by atoms with van der Waals surface area (Å²) in [6.07, 6.45) is -1.01. The molecule has 0 saturated carbocycles. The van der Waals surface area contributed by atoms with Crippen molar-refractivity contribution in [3.63, 3.8) is 0 Å². The van der Waals surface area contributed by atoms with Gasteiger partial charge in [0.25, 0.3) is 0 Å². The third kappa shape index (κ3) is 1.36. The van der Waals surface area contributed by atoms with E-state index in [1.54, 1.807) is 12.1 Å². The molecule has 2 aromatic rings. The van der Waals surface area contributed by atoms with Crippen LogP contribution in [0.1, 0.15) is 13.1 Å².